The van der Waals surface area contributed by atoms with Gasteiger partial charge in [-0.05, 0) is 55.0 Å². The fourth-order valence-corrected chi connectivity index (χ4v) is 5.02. The molecule has 0 radical (unpaired) electrons. The van der Waals surface area contributed by atoms with Crippen molar-refractivity contribution in [2.24, 2.45) is 0 Å². The van der Waals surface area contributed by atoms with Crippen LogP contribution in [0.1, 0.15) is 45.1 Å². The SMILES string of the molecule is CCS(=O)C1CCCC(NC(C)Cc2ccsc2)C1. The van der Waals surface area contributed by atoms with Gasteiger partial charge >= 0.3 is 0 Å². The van der Waals surface area contributed by atoms with Crippen LogP contribution in [-0.4, -0.2) is 27.3 Å². The number of thiophene rings is 1. The summed E-state index contributed by atoms with van der Waals surface area (Å²) in [6, 6.07) is 3.27. The van der Waals surface area contributed by atoms with Crippen LogP contribution in [0.5, 0.6) is 0 Å². The molecule has 0 aliphatic heterocycles. The summed E-state index contributed by atoms with van der Waals surface area (Å²) in [5, 5.41) is 8.53. The van der Waals surface area contributed by atoms with Crippen LogP contribution in [-0.2, 0) is 17.2 Å². The maximum Gasteiger partial charge on any atom is 0.0362 e. The molecular weight excluding hydrogens is 274 g/mol. The molecule has 1 aliphatic rings. The van der Waals surface area contributed by atoms with E-state index in [1.807, 2.05) is 6.92 Å². The molecule has 0 aromatic carbocycles. The zero-order valence-corrected chi connectivity index (χ0v) is 13.6. The van der Waals surface area contributed by atoms with Crippen LogP contribution in [0.3, 0.4) is 0 Å². The summed E-state index contributed by atoms with van der Waals surface area (Å²) in [5.41, 5.74) is 1.43. The fraction of sp³-hybridized carbons (Fsp3) is 0.733. The van der Waals surface area contributed by atoms with Crippen LogP contribution < -0.4 is 5.32 Å². The Labute approximate surface area is 123 Å². The molecule has 2 nitrogen and oxygen atoms in total. The van der Waals surface area contributed by atoms with Gasteiger partial charge in [-0.25, -0.2) is 0 Å². The average Bonchev–Trinajstić information content (AvgIpc) is 2.90. The van der Waals surface area contributed by atoms with Crippen molar-refractivity contribution in [1.29, 1.82) is 0 Å². The predicted molar refractivity (Wildman–Crippen MR) is 85.3 cm³/mol. The molecule has 1 N–H and O–H groups in total. The zero-order valence-electron chi connectivity index (χ0n) is 11.9. The van der Waals surface area contributed by atoms with Crippen molar-refractivity contribution in [3.8, 4) is 0 Å². The predicted octanol–water partition coefficient (Wildman–Crippen LogP) is 3.35. The smallest absolute Gasteiger partial charge is 0.0362 e. The van der Waals surface area contributed by atoms with Gasteiger partial charge in [-0.15, -0.1) is 0 Å². The van der Waals surface area contributed by atoms with E-state index >= 15 is 0 Å². The summed E-state index contributed by atoms with van der Waals surface area (Å²) in [4.78, 5) is 0. The summed E-state index contributed by atoms with van der Waals surface area (Å²) in [6.45, 7) is 4.30. The number of hydrogen-bond donors (Lipinski definition) is 1. The molecule has 108 valence electrons. The summed E-state index contributed by atoms with van der Waals surface area (Å²) < 4.78 is 11.9. The third kappa shape index (κ3) is 4.69. The Bertz CT molecular complexity index is 391. The Morgan fingerprint density at radius 3 is 3.05 bits per heavy atom. The third-order valence-corrected chi connectivity index (χ3v) is 6.40. The van der Waals surface area contributed by atoms with Crippen molar-refractivity contribution in [2.75, 3.05) is 5.75 Å². The lowest BCUT2D eigenvalue weighted by Crippen LogP contribution is -2.42. The summed E-state index contributed by atoms with van der Waals surface area (Å²) in [5.74, 6) is 0.807. The second-order valence-corrected chi connectivity index (χ2v) is 8.34. The highest BCUT2D eigenvalue weighted by atomic mass is 32.2. The van der Waals surface area contributed by atoms with Crippen molar-refractivity contribution in [1.82, 2.24) is 5.32 Å². The minimum atomic E-state index is -0.619. The molecule has 1 saturated carbocycles. The topological polar surface area (TPSA) is 29.1 Å². The molecule has 1 heterocycles. The molecule has 19 heavy (non-hydrogen) atoms. The first-order valence-corrected chi connectivity index (χ1v) is 9.65. The summed E-state index contributed by atoms with van der Waals surface area (Å²) in [7, 11) is -0.619. The van der Waals surface area contributed by atoms with Gasteiger partial charge in [0.2, 0.25) is 0 Å². The lowest BCUT2D eigenvalue weighted by atomic mass is 9.94. The van der Waals surface area contributed by atoms with Crippen LogP contribution in [0.2, 0.25) is 0 Å². The van der Waals surface area contributed by atoms with E-state index in [0.717, 1.165) is 25.0 Å². The quantitative estimate of drug-likeness (QED) is 0.873. The highest BCUT2D eigenvalue weighted by Crippen LogP contribution is 2.23. The highest BCUT2D eigenvalue weighted by molar-refractivity contribution is 7.85. The Hall–Kier alpha value is -0.190. The second kappa shape index (κ2) is 7.55. The third-order valence-electron chi connectivity index (χ3n) is 3.92. The molecule has 2 rings (SSSR count). The first kappa shape index (κ1) is 15.2. The Balaban J connectivity index is 1.80. The Morgan fingerprint density at radius 2 is 2.37 bits per heavy atom. The van der Waals surface area contributed by atoms with E-state index in [-0.39, 0.29) is 0 Å². The van der Waals surface area contributed by atoms with Crippen molar-refractivity contribution in [3.63, 3.8) is 0 Å². The maximum absolute atomic E-state index is 11.9. The van der Waals surface area contributed by atoms with Gasteiger partial charge in [0.25, 0.3) is 0 Å². The molecule has 0 saturated heterocycles. The highest BCUT2D eigenvalue weighted by Gasteiger charge is 2.26. The van der Waals surface area contributed by atoms with Gasteiger partial charge in [0.1, 0.15) is 0 Å². The molecule has 1 fully saturated rings. The van der Waals surface area contributed by atoms with E-state index in [1.165, 1.54) is 18.4 Å². The molecule has 0 amide bonds. The fourth-order valence-electron chi connectivity index (χ4n) is 2.99. The normalized spacial score (nSPS) is 27.1. The van der Waals surface area contributed by atoms with Crippen LogP contribution in [0, 0.1) is 0 Å². The monoisotopic (exact) mass is 299 g/mol. The molecule has 4 heteroatoms. The first-order chi connectivity index (χ1) is 9.19. The van der Waals surface area contributed by atoms with Crippen molar-refractivity contribution >= 4 is 22.1 Å². The van der Waals surface area contributed by atoms with Gasteiger partial charge in [-0.3, -0.25) is 4.21 Å². The summed E-state index contributed by atoms with van der Waals surface area (Å²) >= 11 is 1.77. The lowest BCUT2D eigenvalue weighted by Gasteiger charge is -2.31. The number of hydrogen-bond acceptors (Lipinski definition) is 3. The average molecular weight is 300 g/mol. The molecule has 1 aromatic heterocycles. The molecular formula is C15H25NOS2. The molecule has 0 spiro atoms. The first-order valence-electron chi connectivity index (χ1n) is 7.33. The number of rotatable bonds is 6. The van der Waals surface area contributed by atoms with E-state index in [9.17, 15) is 4.21 Å². The van der Waals surface area contributed by atoms with Crippen molar-refractivity contribution in [2.45, 2.75) is 63.3 Å². The van der Waals surface area contributed by atoms with E-state index < -0.39 is 10.8 Å². The zero-order chi connectivity index (χ0) is 13.7. The van der Waals surface area contributed by atoms with E-state index in [1.54, 1.807) is 11.3 Å². The largest absolute Gasteiger partial charge is 0.311 e. The van der Waals surface area contributed by atoms with Gasteiger partial charge in [-0.2, -0.15) is 11.3 Å². The minimum Gasteiger partial charge on any atom is -0.311 e. The van der Waals surface area contributed by atoms with Crippen LogP contribution in [0.25, 0.3) is 0 Å². The number of nitrogens with one attached hydrogen (secondary N) is 1. The molecule has 1 aliphatic carbocycles. The van der Waals surface area contributed by atoms with Crippen molar-refractivity contribution < 1.29 is 4.21 Å². The van der Waals surface area contributed by atoms with E-state index in [2.05, 4.69) is 29.1 Å². The van der Waals surface area contributed by atoms with Crippen LogP contribution in [0.15, 0.2) is 16.8 Å². The molecule has 4 atom stereocenters. The standard InChI is InChI=1S/C15H25NOS2/c1-3-19(17)15-6-4-5-14(10-15)16-12(2)9-13-7-8-18-11-13/h7-8,11-12,14-16H,3-6,9-10H2,1-2H3. The summed E-state index contributed by atoms with van der Waals surface area (Å²) in [6.07, 6.45) is 5.80. The van der Waals surface area contributed by atoms with Gasteiger partial charge < -0.3 is 5.32 Å². The van der Waals surface area contributed by atoms with E-state index in [4.69, 9.17) is 0 Å². The second-order valence-electron chi connectivity index (χ2n) is 5.56. The maximum atomic E-state index is 11.9. The Kier molecular flexibility index (Phi) is 6.05. The van der Waals surface area contributed by atoms with E-state index in [0.29, 0.717) is 17.3 Å². The van der Waals surface area contributed by atoms with Crippen molar-refractivity contribution in [3.05, 3.63) is 22.4 Å². The molecule has 1 aromatic rings. The van der Waals surface area contributed by atoms with Gasteiger partial charge in [-0.1, -0.05) is 13.3 Å². The van der Waals surface area contributed by atoms with Gasteiger partial charge in [0, 0.05) is 33.9 Å². The lowest BCUT2D eigenvalue weighted by molar-refractivity contribution is 0.346. The molecule has 4 unspecified atom stereocenters. The molecule has 0 bridgehead atoms. The Morgan fingerprint density at radius 1 is 1.53 bits per heavy atom. The van der Waals surface area contributed by atoms with Gasteiger partial charge in [0.05, 0.1) is 0 Å². The van der Waals surface area contributed by atoms with Crippen LogP contribution >= 0.6 is 11.3 Å². The van der Waals surface area contributed by atoms with Gasteiger partial charge in [0.15, 0.2) is 0 Å². The van der Waals surface area contributed by atoms with Crippen LogP contribution in [0.4, 0.5) is 0 Å². The minimum absolute atomic E-state index is 0.421.